The Labute approximate surface area is 226 Å². The number of carbonyl (C=O) groups excluding carboxylic acids is 1. The molecule has 0 radical (unpaired) electrons. The van der Waals surface area contributed by atoms with Crippen molar-refractivity contribution in [1.82, 2.24) is 15.1 Å². The zero-order valence-electron chi connectivity index (χ0n) is 22.6. The van der Waals surface area contributed by atoms with Crippen molar-refractivity contribution < 1.29 is 13.9 Å². The Hall–Kier alpha value is -4.39. The van der Waals surface area contributed by atoms with E-state index in [1.165, 1.54) is 0 Å². The second-order valence-electron chi connectivity index (χ2n) is 11.3. The first-order chi connectivity index (χ1) is 18.6. The Kier molecular flexibility index (Phi) is 5.83. The summed E-state index contributed by atoms with van der Waals surface area (Å²) in [6, 6.07) is 21.2. The Morgan fingerprint density at radius 3 is 2.33 bits per heavy atom. The molecule has 39 heavy (non-hydrogen) atoms. The molecule has 0 saturated heterocycles. The van der Waals surface area contributed by atoms with Crippen molar-refractivity contribution in [1.29, 1.82) is 0 Å². The summed E-state index contributed by atoms with van der Waals surface area (Å²) in [4.78, 5) is 26.6. The molecule has 6 rings (SSSR count). The number of nitrogens with zero attached hydrogens (tertiary/aromatic N) is 2. The van der Waals surface area contributed by atoms with Gasteiger partial charge in [0.05, 0.1) is 27.4 Å². The second kappa shape index (κ2) is 9.12. The normalized spacial score (nSPS) is 14.8. The van der Waals surface area contributed by atoms with Crippen molar-refractivity contribution in [2.45, 2.75) is 51.2 Å². The topological polar surface area (TPSA) is 86.4 Å². The summed E-state index contributed by atoms with van der Waals surface area (Å²) >= 11 is 0. The summed E-state index contributed by atoms with van der Waals surface area (Å²) < 4.78 is 13.8. The highest BCUT2D eigenvalue weighted by molar-refractivity contribution is 6.04. The predicted octanol–water partition coefficient (Wildman–Crippen LogP) is 6.92. The Morgan fingerprint density at radius 2 is 1.69 bits per heavy atom. The highest BCUT2D eigenvalue weighted by atomic mass is 16.6. The lowest BCUT2D eigenvalue weighted by Crippen LogP contribution is -2.52. The van der Waals surface area contributed by atoms with E-state index >= 15 is 0 Å². The van der Waals surface area contributed by atoms with Gasteiger partial charge in [-0.05, 0) is 63.3 Å². The van der Waals surface area contributed by atoms with Gasteiger partial charge in [-0.1, -0.05) is 54.6 Å². The van der Waals surface area contributed by atoms with Crippen molar-refractivity contribution in [2.24, 2.45) is 7.05 Å². The Bertz CT molecular complexity index is 1760. The minimum atomic E-state index is -0.571. The summed E-state index contributed by atoms with van der Waals surface area (Å²) in [6.07, 6.45) is 4.14. The van der Waals surface area contributed by atoms with Gasteiger partial charge in [0.1, 0.15) is 16.9 Å². The summed E-state index contributed by atoms with van der Waals surface area (Å²) in [6.45, 7) is 5.56. The van der Waals surface area contributed by atoms with Gasteiger partial charge in [-0.15, -0.1) is 0 Å². The fourth-order valence-electron chi connectivity index (χ4n) is 5.39. The molecule has 1 amide bonds. The van der Waals surface area contributed by atoms with Crippen LogP contribution in [-0.4, -0.2) is 21.5 Å². The van der Waals surface area contributed by atoms with E-state index < -0.39 is 17.2 Å². The molecular weight excluding hydrogens is 490 g/mol. The average molecular weight is 522 g/mol. The predicted molar refractivity (Wildman–Crippen MR) is 153 cm³/mol. The zero-order valence-corrected chi connectivity index (χ0v) is 22.6. The molecule has 0 unspecified atom stereocenters. The number of aryl methyl sites for hydroxylation is 1. The average Bonchev–Trinajstić information content (AvgIpc) is 3.26. The molecule has 7 heteroatoms. The van der Waals surface area contributed by atoms with Crippen molar-refractivity contribution >= 4 is 28.0 Å². The molecule has 0 bridgehead atoms. The molecule has 1 aliphatic rings. The van der Waals surface area contributed by atoms with Crippen molar-refractivity contribution in [2.75, 3.05) is 0 Å². The Balaban J connectivity index is 1.46. The van der Waals surface area contributed by atoms with Crippen LogP contribution in [0.3, 0.4) is 0 Å². The fourth-order valence-corrected chi connectivity index (χ4v) is 5.39. The fraction of sp³-hybridized carbons (Fsp3) is 0.281. The lowest BCUT2D eigenvalue weighted by Gasteiger charge is -2.43. The van der Waals surface area contributed by atoms with Gasteiger partial charge in [-0.25, -0.2) is 4.79 Å². The number of carbonyl (C=O) groups is 1. The van der Waals surface area contributed by atoms with Crippen molar-refractivity contribution in [3.63, 3.8) is 0 Å². The standard InChI is InChI=1S/C32H31N3O4/c1-31(2,3)39-30(37)33-32(17-8-18-32)22-13-11-20(12-14-22)26-27(36)23-15-16-25-24(19-35(4)34-25)29(23)38-28(26)21-9-6-5-7-10-21/h5-7,9-16,19H,8,17-18H2,1-4H3,(H,33,37). The molecule has 0 spiro atoms. The number of nitrogens with one attached hydrogen (secondary N) is 1. The van der Waals surface area contributed by atoms with Crippen LogP contribution in [0.1, 0.15) is 45.6 Å². The number of rotatable bonds is 4. The van der Waals surface area contributed by atoms with Gasteiger partial charge < -0.3 is 14.5 Å². The number of aromatic nitrogens is 2. The minimum absolute atomic E-state index is 0.0983. The molecule has 1 N–H and O–H groups in total. The zero-order chi connectivity index (χ0) is 27.4. The molecule has 7 nitrogen and oxygen atoms in total. The maximum atomic E-state index is 14.0. The molecule has 0 atom stereocenters. The first-order valence-electron chi connectivity index (χ1n) is 13.2. The third-order valence-corrected chi connectivity index (χ3v) is 7.37. The first kappa shape index (κ1) is 24.9. The summed E-state index contributed by atoms with van der Waals surface area (Å²) in [7, 11) is 1.85. The summed E-state index contributed by atoms with van der Waals surface area (Å²) in [5, 5.41) is 8.89. The molecule has 198 valence electrons. The molecular formula is C32H31N3O4. The highest BCUT2D eigenvalue weighted by Crippen LogP contribution is 2.42. The van der Waals surface area contributed by atoms with E-state index in [1.54, 1.807) is 10.7 Å². The van der Waals surface area contributed by atoms with E-state index in [4.69, 9.17) is 9.15 Å². The number of hydrogen-bond acceptors (Lipinski definition) is 5. The van der Waals surface area contributed by atoms with Gasteiger partial charge in [0.15, 0.2) is 0 Å². The van der Waals surface area contributed by atoms with Gasteiger partial charge in [-0.3, -0.25) is 9.48 Å². The number of hydrogen-bond donors (Lipinski definition) is 1. The number of fused-ring (bicyclic) bond motifs is 3. The maximum Gasteiger partial charge on any atom is 0.408 e. The van der Waals surface area contributed by atoms with Crippen LogP contribution in [0.4, 0.5) is 4.79 Å². The third kappa shape index (κ3) is 4.48. The van der Waals surface area contributed by atoms with Crippen LogP contribution in [0.15, 0.2) is 82.1 Å². The highest BCUT2D eigenvalue weighted by Gasteiger charge is 2.41. The van der Waals surface area contributed by atoms with E-state index in [-0.39, 0.29) is 5.43 Å². The van der Waals surface area contributed by atoms with E-state index in [0.29, 0.717) is 22.3 Å². The van der Waals surface area contributed by atoms with E-state index in [0.717, 1.165) is 46.9 Å². The molecule has 2 aromatic heterocycles. The summed E-state index contributed by atoms with van der Waals surface area (Å²) in [5.74, 6) is 0.516. The monoisotopic (exact) mass is 521 g/mol. The number of alkyl carbamates (subject to hydrolysis) is 1. The number of amides is 1. The molecule has 3 aromatic carbocycles. The van der Waals surface area contributed by atoms with Gasteiger partial charge >= 0.3 is 6.09 Å². The van der Waals surface area contributed by atoms with Gasteiger partial charge in [0, 0.05) is 18.8 Å². The van der Waals surface area contributed by atoms with Gasteiger partial charge in [0.2, 0.25) is 5.43 Å². The molecule has 1 fully saturated rings. The molecule has 5 aromatic rings. The Morgan fingerprint density at radius 1 is 0.974 bits per heavy atom. The molecule has 1 aliphatic carbocycles. The minimum Gasteiger partial charge on any atom is -0.454 e. The largest absolute Gasteiger partial charge is 0.454 e. The molecule has 2 heterocycles. The molecule has 0 aliphatic heterocycles. The SMILES string of the molecule is Cn1cc2c(ccc3c(=O)c(-c4ccc(C5(NC(=O)OC(C)(C)C)CCC5)cc4)c(-c4ccccc4)oc32)n1. The lowest BCUT2D eigenvalue weighted by atomic mass is 9.71. The quantitative estimate of drug-likeness (QED) is 0.277. The third-order valence-electron chi connectivity index (χ3n) is 7.37. The van der Waals surface area contributed by atoms with Crippen LogP contribution in [0.25, 0.3) is 44.3 Å². The van der Waals surface area contributed by atoms with Crippen molar-refractivity contribution in [3.05, 3.63) is 88.7 Å². The van der Waals surface area contributed by atoms with E-state index in [9.17, 15) is 9.59 Å². The molecule has 1 saturated carbocycles. The van der Waals surface area contributed by atoms with Gasteiger partial charge in [0.25, 0.3) is 0 Å². The lowest BCUT2D eigenvalue weighted by molar-refractivity contribution is 0.0377. The van der Waals surface area contributed by atoms with E-state index in [1.807, 2.05) is 94.7 Å². The van der Waals surface area contributed by atoms with Crippen LogP contribution in [0, 0.1) is 0 Å². The van der Waals surface area contributed by atoms with Crippen molar-refractivity contribution in [3.8, 4) is 22.5 Å². The van der Waals surface area contributed by atoms with Crippen LogP contribution in [0.5, 0.6) is 0 Å². The second-order valence-corrected chi connectivity index (χ2v) is 11.3. The van der Waals surface area contributed by atoms with E-state index in [2.05, 4.69) is 10.4 Å². The van der Waals surface area contributed by atoms with Crippen LogP contribution in [-0.2, 0) is 17.3 Å². The van der Waals surface area contributed by atoms with Crippen LogP contribution < -0.4 is 10.7 Å². The number of ether oxygens (including phenoxy) is 1. The first-order valence-corrected chi connectivity index (χ1v) is 13.2. The van der Waals surface area contributed by atoms with Gasteiger partial charge in [-0.2, -0.15) is 5.10 Å². The van der Waals surface area contributed by atoms with Crippen LogP contribution >= 0.6 is 0 Å². The summed E-state index contributed by atoms with van der Waals surface area (Å²) in [5.41, 5.74) is 3.23. The maximum absolute atomic E-state index is 14.0. The van der Waals surface area contributed by atoms with Crippen LogP contribution in [0.2, 0.25) is 0 Å². The number of benzene rings is 3. The smallest absolute Gasteiger partial charge is 0.408 e.